The number of hydrogen-bond acceptors (Lipinski definition) is 4. The van der Waals surface area contributed by atoms with E-state index in [9.17, 15) is 15.0 Å². The van der Waals surface area contributed by atoms with E-state index >= 15 is 0 Å². The number of ether oxygens (including phenoxy) is 1. The van der Waals surface area contributed by atoms with Gasteiger partial charge >= 0.3 is 5.97 Å². The first-order chi connectivity index (χ1) is 11.6. The van der Waals surface area contributed by atoms with Crippen LogP contribution in [0.1, 0.15) is 5.56 Å². The molecule has 2 aromatic carbocycles. The van der Waals surface area contributed by atoms with Gasteiger partial charge in [-0.1, -0.05) is 0 Å². The molecule has 0 radical (unpaired) electrons. The molecule has 2 heterocycles. The predicted molar refractivity (Wildman–Crippen MR) is 89.3 cm³/mol. The number of aromatic amines is 2. The van der Waals surface area contributed by atoms with Crippen LogP contribution >= 0.6 is 0 Å². The van der Waals surface area contributed by atoms with Gasteiger partial charge in [0.2, 0.25) is 5.88 Å². The van der Waals surface area contributed by atoms with Crippen LogP contribution in [0.2, 0.25) is 0 Å². The van der Waals surface area contributed by atoms with Crippen LogP contribution in [-0.2, 0) is 11.2 Å². The SMILES string of the molecule is O=C(Cc1cc(O)c2[nH]ccc2c1)Oc1cc2ccc(O)cc2[nH]1. The number of hydrogen-bond donors (Lipinski definition) is 4. The van der Waals surface area contributed by atoms with Crippen molar-refractivity contribution in [3.8, 4) is 17.4 Å². The smallest absolute Gasteiger partial charge is 0.316 e. The minimum absolute atomic E-state index is 0.0370. The molecule has 0 spiro atoms. The van der Waals surface area contributed by atoms with Crippen LogP contribution in [0.15, 0.2) is 48.7 Å². The second kappa shape index (κ2) is 5.34. The van der Waals surface area contributed by atoms with E-state index in [1.165, 1.54) is 0 Å². The molecule has 6 nitrogen and oxygen atoms in total. The number of carbonyl (C=O) groups is 1. The highest BCUT2D eigenvalue weighted by Crippen LogP contribution is 2.26. The van der Waals surface area contributed by atoms with Crippen molar-refractivity contribution in [1.82, 2.24) is 9.97 Å². The number of esters is 1. The summed E-state index contributed by atoms with van der Waals surface area (Å²) in [5.74, 6) is 0.103. The van der Waals surface area contributed by atoms with Gasteiger partial charge in [-0.15, -0.1) is 0 Å². The summed E-state index contributed by atoms with van der Waals surface area (Å²) in [5, 5.41) is 21.1. The molecule has 120 valence electrons. The van der Waals surface area contributed by atoms with E-state index in [-0.39, 0.29) is 17.9 Å². The maximum Gasteiger partial charge on any atom is 0.316 e. The van der Waals surface area contributed by atoms with Crippen molar-refractivity contribution in [2.24, 2.45) is 0 Å². The average molecular weight is 322 g/mol. The van der Waals surface area contributed by atoms with Gasteiger partial charge in [-0.2, -0.15) is 0 Å². The number of benzene rings is 2. The molecule has 0 saturated heterocycles. The third-order valence-corrected chi connectivity index (χ3v) is 3.85. The Morgan fingerprint density at radius 2 is 1.92 bits per heavy atom. The maximum absolute atomic E-state index is 12.1. The lowest BCUT2D eigenvalue weighted by Gasteiger charge is -2.04. The minimum Gasteiger partial charge on any atom is -0.508 e. The molecule has 0 bridgehead atoms. The molecule has 0 aliphatic heterocycles. The molecule has 4 N–H and O–H groups in total. The van der Waals surface area contributed by atoms with Gasteiger partial charge in [0.25, 0.3) is 0 Å². The molecule has 24 heavy (non-hydrogen) atoms. The lowest BCUT2D eigenvalue weighted by atomic mass is 10.1. The summed E-state index contributed by atoms with van der Waals surface area (Å²) in [6, 6.07) is 11.8. The van der Waals surface area contributed by atoms with Crippen LogP contribution in [0.3, 0.4) is 0 Å². The lowest BCUT2D eigenvalue weighted by molar-refractivity contribution is -0.133. The highest BCUT2D eigenvalue weighted by molar-refractivity contribution is 5.88. The molecule has 0 aliphatic rings. The van der Waals surface area contributed by atoms with E-state index in [2.05, 4.69) is 9.97 Å². The summed E-state index contributed by atoms with van der Waals surface area (Å²) >= 11 is 0. The van der Waals surface area contributed by atoms with Crippen molar-refractivity contribution in [2.45, 2.75) is 6.42 Å². The predicted octanol–water partition coefficient (Wildman–Crippen LogP) is 3.21. The summed E-state index contributed by atoms with van der Waals surface area (Å²) in [7, 11) is 0. The topological polar surface area (TPSA) is 98.3 Å². The van der Waals surface area contributed by atoms with E-state index in [1.54, 1.807) is 36.5 Å². The molecule has 0 fully saturated rings. The molecule has 0 amide bonds. The highest BCUT2D eigenvalue weighted by atomic mass is 16.5. The Labute approximate surface area is 136 Å². The largest absolute Gasteiger partial charge is 0.508 e. The Morgan fingerprint density at radius 1 is 1.04 bits per heavy atom. The summed E-state index contributed by atoms with van der Waals surface area (Å²) in [6.45, 7) is 0. The Balaban J connectivity index is 1.54. The number of phenolic OH excluding ortho intramolecular Hbond substituents is 2. The van der Waals surface area contributed by atoms with E-state index in [4.69, 9.17) is 4.74 Å². The fourth-order valence-corrected chi connectivity index (χ4v) is 2.78. The molecule has 6 heteroatoms. The van der Waals surface area contributed by atoms with Crippen LogP contribution < -0.4 is 4.74 Å². The van der Waals surface area contributed by atoms with E-state index in [1.807, 2.05) is 12.1 Å². The Bertz CT molecular complexity index is 1060. The first-order valence-electron chi connectivity index (χ1n) is 7.40. The van der Waals surface area contributed by atoms with Crippen LogP contribution in [0.5, 0.6) is 17.4 Å². The first kappa shape index (κ1) is 14.2. The zero-order chi connectivity index (χ0) is 16.7. The average Bonchev–Trinajstić information content (AvgIpc) is 3.12. The van der Waals surface area contributed by atoms with Gasteiger partial charge in [-0.05, 0) is 35.9 Å². The highest BCUT2D eigenvalue weighted by Gasteiger charge is 2.12. The van der Waals surface area contributed by atoms with E-state index in [0.29, 0.717) is 22.5 Å². The molecular formula is C18H14N2O4. The van der Waals surface area contributed by atoms with Crippen LogP contribution in [-0.4, -0.2) is 26.2 Å². The van der Waals surface area contributed by atoms with Crippen molar-refractivity contribution < 1.29 is 19.7 Å². The number of fused-ring (bicyclic) bond motifs is 2. The summed E-state index contributed by atoms with van der Waals surface area (Å²) in [6.07, 6.45) is 1.77. The van der Waals surface area contributed by atoms with Crippen molar-refractivity contribution in [3.63, 3.8) is 0 Å². The first-order valence-corrected chi connectivity index (χ1v) is 7.40. The fourth-order valence-electron chi connectivity index (χ4n) is 2.78. The Morgan fingerprint density at radius 3 is 2.79 bits per heavy atom. The Kier molecular flexibility index (Phi) is 3.16. The standard InChI is InChI=1S/C18H14N2O4/c21-13-2-1-11-8-16(20-14(11)9-13)24-17(23)7-10-5-12-3-4-19-18(12)15(22)6-10/h1-6,8-9,19-22H,7H2. The Hall–Kier alpha value is -3.41. The second-order valence-electron chi connectivity index (χ2n) is 5.61. The number of rotatable bonds is 3. The number of phenols is 2. The van der Waals surface area contributed by atoms with Crippen LogP contribution in [0, 0.1) is 0 Å². The van der Waals surface area contributed by atoms with Crippen molar-refractivity contribution in [1.29, 1.82) is 0 Å². The van der Waals surface area contributed by atoms with E-state index in [0.717, 1.165) is 10.8 Å². The third kappa shape index (κ3) is 2.54. The van der Waals surface area contributed by atoms with Gasteiger partial charge in [0.15, 0.2) is 0 Å². The van der Waals surface area contributed by atoms with Crippen molar-refractivity contribution >= 4 is 27.8 Å². The zero-order valence-electron chi connectivity index (χ0n) is 12.5. The zero-order valence-corrected chi connectivity index (χ0v) is 12.5. The van der Waals surface area contributed by atoms with Crippen molar-refractivity contribution in [3.05, 3.63) is 54.2 Å². The van der Waals surface area contributed by atoms with Crippen LogP contribution in [0.4, 0.5) is 0 Å². The summed E-state index contributed by atoms with van der Waals surface area (Å²) in [5.41, 5.74) is 1.99. The normalized spacial score (nSPS) is 11.2. The molecule has 0 saturated carbocycles. The third-order valence-electron chi connectivity index (χ3n) is 3.85. The van der Waals surface area contributed by atoms with Gasteiger partial charge in [0.05, 0.1) is 17.5 Å². The second-order valence-corrected chi connectivity index (χ2v) is 5.61. The lowest BCUT2D eigenvalue weighted by Crippen LogP contribution is -2.11. The number of H-pyrrole nitrogens is 2. The molecule has 2 aromatic heterocycles. The quantitative estimate of drug-likeness (QED) is 0.435. The molecule has 4 rings (SSSR count). The molecule has 4 aromatic rings. The number of carbonyl (C=O) groups excluding carboxylic acids is 1. The van der Waals surface area contributed by atoms with Gasteiger partial charge < -0.3 is 24.9 Å². The number of aromatic nitrogens is 2. The van der Waals surface area contributed by atoms with Gasteiger partial charge in [0.1, 0.15) is 11.5 Å². The molecular weight excluding hydrogens is 308 g/mol. The molecule has 0 aliphatic carbocycles. The van der Waals surface area contributed by atoms with Gasteiger partial charge in [-0.25, -0.2) is 0 Å². The monoisotopic (exact) mass is 322 g/mol. The van der Waals surface area contributed by atoms with Gasteiger partial charge in [-0.3, -0.25) is 4.79 Å². The molecule has 0 unspecified atom stereocenters. The van der Waals surface area contributed by atoms with Crippen LogP contribution in [0.25, 0.3) is 21.8 Å². The number of nitrogens with one attached hydrogen (secondary N) is 2. The van der Waals surface area contributed by atoms with Gasteiger partial charge in [0, 0.05) is 29.1 Å². The fraction of sp³-hybridized carbons (Fsp3) is 0.0556. The minimum atomic E-state index is -0.444. The maximum atomic E-state index is 12.1. The summed E-state index contributed by atoms with van der Waals surface area (Å²) < 4.78 is 5.31. The van der Waals surface area contributed by atoms with E-state index < -0.39 is 5.97 Å². The summed E-state index contributed by atoms with van der Waals surface area (Å²) in [4.78, 5) is 18.0. The van der Waals surface area contributed by atoms with Crippen molar-refractivity contribution in [2.75, 3.05) is 0 Å². The molecule has 0 atom stereocenters. The number of aromatic hydroxyl groups is 2.